The smallest absolute Gasteiger partial charge is 0.0323 e. The fraction of sp³-hybridized carbons (Fsp3) is 0.600. The van der Waals surface area contributed by atoms with Gasteiger partial charge in [0.2, 0.25) is 0 Å². The van der Waals surface area contributed by atoms with Crippen LogP contribution in [0.2, 0.25) is 0 Å². The van der Waals surface area contributed by atoms with Crippen molar-refractivity contribution in [2.24, 2.45) is 17.6 Å². The molecular weight excluding hydrogens is 194 g/mol. The Morgan fingerprint density at radius 1 is 1.25 bits per heavy atom. The quantitative estimate of drug-likeness (QED) is 0.821. The lowest BCUT2D eigenvalue weighted by molar-refractivity contribution is 0.428. The summed E-state index contributed by atoms with van der Waals surface area (Å²) in [4.78, 5) is 0. The minimum Gasteiger partial charge on any atom is -0.324 e. The average Bonchev–Trinajstić information content (AvgIpc) is 2.75. The molecule has 3 unspecified atom stereocenters. The largest absolute Gasteiger partial charge is 0.324 e. The lowest BCUT2D eigenvalue weighted by Gasteiger charge is -2.19. The predicted octanol–water partition coefficient (Wildman–Crippen LogP) is 3.69. The van der Waals surface area contributed by atoms with Crippen LogP contribution in [0.25, 0.3) is 0 Å². The molecule has 2 N–H and O–H groups in total. The number of rotatable bonds is 3. The second kappa shape index (κ2) is 5.01. The van der Waals surface area contributed by atoms with Gasteiger partial charge < -0.3 is 5.73 Å². The highest BCUT2D eigenvalue weighted by atomic mass is 14.7. The molecule has 88 valence electrons. The molecule has 0 amide bonds. The first-order valence-corrected chi connectivity index (χ1v) is 6.55. The van der Waals surface area contributed by atoms with E-state index in [2.05, 4.69) is 38.1 Å². The summed E-state index contributed by atoms with van der Waals surface area (Å²) in [6.07, 6.45) is 5.07. The van der Waals surface area contributed by atoms with Gasteiger partial charge in [-0.15, -0.1) is 0 Å². The zero-order valence-electron chi connectivity index (χ0n) is 10.4. The Bertz CT molecular complexity index is 328. The molecule has 0 radical (unpaired) electrons. The maximum absolute atomic E-state index is 6.35. The monoisotopic (exact) mass is 217 g/mol. The molecule has 2 rings (SSSR count). The number of hydrogen-bond acceptors (Lipinski definition) is 1. The molecule has 0 aliphatic heterocycles. The molecule has 0 spiro atoms. The van der Waals surface area contributed by atoms with E-state index in [1.807, 2.05) is 0 Å². The summed E-state index contributed by atoms with van der Waals surface area (Å²) in [6, 6.07) is 9.11. The van der Waals surface area contributed by atoms with Crippen molar-refractivity contribution in [3.63, 3.8) is 0 Å². The van der Waals surface area contributed by atoms with E-state index in [1.54, 1.807) is 0 Å². The second-order valence-corrected chi connectivity index (χ2v) is 5.30. The van der Waals surface area contributed by atoms with E-state index in [9.17, 15) is 0 Å². The van der Waals surface area contributed by atoms with Crippen LogP contribution >= 0.6 is 0 Å². The van der Waals surface area contributed by atoms with Crippen LogP contribution in [0.4, 0.5) is 0 Å². The van der Waals surface area contributed by atoms with Crippen molar-refractivity contribution >= 4 is 0 Å². The number of hydrogen-bond donors (Lipinski definition) is 1. The van der Waals surface area contributed by atoms with Gasteiger partial charge in [0.15, 0.2) is 0 Å². The van der Waals surface area contributed by atoms with Crippen molar-refractivity contribution in [1.82, 2.24) is 0 Å². The molecule has 0 bridgehead atoms. The van der Waals surface area contributed by atoms with Crippen LogP contribution < -0.4 is 5.73 Å². The fourth-order valence-corrected chi connectivity index (χ4v) is 2.83. The Hall–Kier alpha value is -0.820. The molecule has 1 saturated carbocycles. The molecule has 1 aromatic rings. The molecular formula is C15H23N. The number of nitrogens with two attached hydrogens (primary N) is 1. The van der Waals surface area contributed by atoms with Gasteiger partial charge in [-0.2, -0.15) is 0 Å². The van der Waals surface area contributed by atoms with Gasteiger partial charge >= 0.3 is 0 Å². The lowest BCUT2D eigenvalue weighted by Crippen LogP contribution is -2.19. The Morgan fingerprint density at radius 3 is 2.44 bits per heavy atom. The van der Waals surface area contributed by atoms with Crippen molar-refractivity contribution in [1.29, 1.82) is 0 Å². The van der Waals surface area contributed by atoms with Gasteiger partial charge in [-0.25, -0.2) is 0 Å². The van der Waals surface area contributed by atoms with E-state index in [-0.39, 0.29) is 6.04 Å². The van der Waals surface area contributed by atoms with E-state index >= 15 is 0 Å². The van der Waals surface area contributed by atoms with Gasteiger partial charge in [0.1, 0.15) is 0 Å². The van der Waals surface area contributed by atoms with Crippen molar-refractivity contribution in [3.8, 4) is 0 Å². The maximum Gasteiger partial charge on any atom is 0.0323 e. The second-order valence-electron chi connectivity index (χ2n) is 5.30. The first kappa shape index (κ1) is 11.7. The first-order chi connectivity index (χ1) is 7.70. The van der Waals surface area contributed by atoms with E-state index in [4.69, 9.17) is 5.73 Å². The molecule has 1 nitrogen and oxygen atoms in total. The van der Waals surface area contributed by atoms with Crippen LogP contribution in [-0.2, 0) is 6.42 Å². The SMILES string of the molecule is CCc1ccc(C(N)C2CCC(C)C2)cc1. The third-order valence-corrected chi connectivity index (χ3v) is 4.02. The maximum atomic E-state index is 6.35. The molecule has 1 aliphatic carbocycles. The van der Waals surface area contributed by atoms with Gasteiger partial charge in [-0.05, 0) is 42.2 Å². The van der Waals surface area contributed by atoms with Crippen molar-refractivity contribution < 1.29 is 0 Å². The highest BCUT2D eigenvalue weighted by Gasteiger charge is 2.27. The van der Waals surface area contributed by atoms with Crippen LogP contribution in [0.5, 0.6) is 0 Å². The first-order valence-electron chi connectivity index (χ1n) is 6.55. The van der Waals surface area contributed by atoms with Crippen molar-refractivity contribution in [2.45, 2.75) is 45.6 Å². The van der Waals surface area contributed by atoms with Crippen LogP contribution in [0, 0.1) is 11.8 Å². The minimum absolute atomic E-state index is 0.246. The molecule has 1 aromatic carbocycles. The summed E-state index contributed by atoms with van der Waals surface area (Å²) in [6.45, 7) is 4.53. The topological polar surface area (TPSA) is 26.0 Å². The number of benzene rings is 1. The third-order valence-electron chi connectivity index (χ3n) is 4.02. The van der Waals surface area contributed by atoms with E-state index in [0.29, 0.717) is 5.92 Å². The Labute approximate surface area is 99.0 Å². The van der Waals surface area contributed by atoms with E-state index < -0.39 is 0 Å². The molecule has 0 aromatic heterocycles. The zero-order valence-corrected chi connectivity index (χ0v) is 10.4. The molecule has 16 heavy (non-hydrogen) atoms. The summed E-state index contributed by atoms with van der Waals surface area (Å²) in [5.74, 6) is 1.56. The van der Waals surface area contributed by atoms with Gasteiger partial charge in [0.25, 0.3) is 0 Å². The summed E-state index contributed by atoms with van der Waals surface area (Å²) in [5.41, 5.74) is 9.07. The summed E-state index contributed by atoms with van der Waals surface area (Å²) < 4.78 is 0. The van der Waals surface area contributed by atoms with Crippen LogP contribution in [0.15, 0.2) is 24.3 Å². The normalized spacial score (nSPS) is 26.9. The molecule has 1 heteroatoms. The molecule has 1 aliphatic rings. The van der Waals surface area contributed by atoms with Gasteiger partial charge in [0, 0.05) is 6.04 Å². The summed E-state index contributed by atoms with van der Waals surface area (Å²) >= 11 is 0. The van der Waals surface area contributed by atoms with E-state index in [1.165, 1.54) is 30.4 Å². The molecule has 3 atom stereocenters. The highest BCUT2D eigenvalue weighted by molar-refractivity contribution is 5.25. The zero-order chi connectivity index (χ0) is 11.5. The summed E-state index contributed by atoms with van der Waals surface area (Å²) in [7, 11) is 0. The van der Waals surface area contributed by atoms with Gasteiger partial charge in [0.05, 0.1) is 0 Å². The molecule has 0 saturated heterocycles. The Kier molecular flexibility index (Phi) is 3.65. The van der Waals surface area contributed by atoms with Crippen LogP contribution in [-0.4, -0.2) is 0 Å². The molecule has 0 heterocycles. The Morgan fingerprint density at radius 2 is 1.94 bits per heavy atom. The van der Waals surface area contributed by atoms with Gasteiger partial charge in [-0.3, -0.25) is 0 Å². The number of aryl methyl sites for hydroxylation is 1. The predicted molar refractivity (Wildman–Crippen MR) is 69.3 cm³/mol. The third kappa shape index (κ3) is 2.46. The van der Waals surface area contributed by atoms with Crippen LogP contribution in [0.3, 0.4) is 0 Å². The summed E-state index contributed by atoms with van der Waals surface area (Å²) in [5, 5.41) is 0. The highest BCUT2D eigenvalue weighted by Crippen LogP contribution is 2.37. The van der Waals surface area contributed by atoms with Gasteiger partial charge in [-0.1, -0.05) is 44.5 Å². The average molecular weight is 217 g/mol. The van der Waals surface area contributed by atoms with Crippen molar-refractivity contribution in [2.75, 3.05) is 0 Å². The van der Waals surface area contributed by atoms with E-state index in [0.717, 1.165) is 12.3 Å². The molecule has 1 fully saturated rings. The fourth-order valence-electron chi connectivity index (χ4n) is 2.83. The lowest BCUT2D eigenvalue weighted by atomic mass is 9.91. The standard InChI is InChI=1S/C15H23N/c1-3-12-5-8-13(9-6-12)15(16)14-7-4-11(2)10-14/h5-6,8-9,11,14-15H,3-4,7,10,16H2,1-2H3. The van der Waals surface area contributed by atoms with Crippen molar-refractivity contribution in [3.05, 3.63) is 35.4 Å². The Balaban J connectivity index is 2.05. The van der Waals surface area contributed by atoms with Crippen LogP contribution in [0.1, 0.15) is 50.3 Å². The minimum atomic E-state index is 0.246.